The van der Waals surface area contributed by atoms with Gasteiger partial charge in [0.05, 0.1) is 19.1 Å². The van der Waals surface area contributed by atoms with E-state index >= 15 is 0 Å². The van der Waals surface area contributed by atoms with Crippen LogP contribution in [0.2, 0.25) is 0 Å². The smallest absolute Gasteiger partial charge is 0.227 e. The monoisotopic (exact) mass is 264 g/mol. The van der Waals surface area contributed by atoms with Gasteiger partial charge in [0.1, 0.15) is 5.75 Å². The first kappa shape index (κ1) is 13.8. The molecule has 1 fully saturated rings. The third-order valence-electron chi connectivity index (χ3n) is 3.30. The summed E-state index contributed by atoms with van der Waals surface area (Å²) in [5.74, 6) is 0.222. The number of nitrogens with two attached hydrogens (primary N) is 1. The van der Waals surface area contributed by atoms with Crippen molar-refractivity contribution in [3.05, 3.63) is 29.8 Å². The van der Waals surface area contributed by atoms with Gasteiger partial charge in [0, 0.05) is 19.1 Å². The average molecular weight is 264 g/mol. The maximum absolute atomic E-state index is 12.2. The van der Waals surface area contributed by atoms with Gasteiger partial charge in [-0.3, -0.25) is 4.79 Å². The summed E-state index contributed by atoms with van der Waals surface area (Å²) in [6.45, 7) is 3.54. The van der Waals surface area contributed by atoms with Crippen LogP contribution in [0.15, 0.2) is 24.3 Å². The first-order chi connectivity index (χ1) is 9.06. The molecule has 1 saturated heterocycles. The topological polar surface area (TPSA) is 75.8 Å². The Labute approximate surface area is 113 Å². The Kier molecular flexibility index (Phi) is 4.39. The number of hydrogen-bond acceptors (Lipinski definition) is 4. The van der Waals surface area contributed by atoms with Crippen molar-refractivity contribution in [3.8, 4) is 5.75 Å². The number of hydrogen-bond donors (Lipinski definition) is 2. The second-order valence-electron chi connectivity index (χ2n) is 4.95. The zero-order valence-corrected chi connectivity index (χ0v) is 11.1. The molecule has 3 N–H and O–H groups in total. The molecule has 2 atom stereocenters. The van der Waals surface area contributed by atoms with Gasteiger partial charge in [-0.2, -0.15) is 0 Å². The minimum atomic E-state index is -0.0955. The van der Waals surface area contributed by atoms with Crippen LogP contribution in [-0.4, -0.2) is 47.8 Å². The number of rotatable bonds is 3. The molecule has 0 aliphatic carbocycles. The van der Waals surface area contributed by atoms with E-state index in [2.05, 4.69) is 0 Å². The second kappa shape index (κ2) is 6.04. The molecule has 1 aliphatic heterocycles. The zero-order chi connectivity index (χ0) is 13.8. The number of phenols is 1. The molecule has 19 heavy (non-hydrogen) atoms. The van der Waals surface area contributed by atoms with Crippen molar-refractivity contribution in [1.29, 1.82) is 0 Å². The number of carbonyl (C=O) groups excluding carboxylic acids is 1. The van der Waals surface area contributed by atoms with E-state index in [0.29, 0.717) is 26.1 Å². The molecule has 5 heteroatoms. The minimum Gasteiger partial charge on any atom is -0.508 e. The lowest BCUT2D eigenvalue weighted by Gasteiger charge is -2.34. The van der Waals surface area contributed by atoms with E-state index in [4.69, 9.17) is 10.5 Å². The summed E-state index contributed by atoms with van der Waals surface area (Å²) in [7, 11) is 0. The maximum Gasteiger partial charge on any atom is 0.227 e. The highest BCUT2D eigenvalue weighted by molar-refractivity contribution is 5.79. The number of ether oxygens (including phenoxy) is 1. The Morgan fingerprint density at radius 2 is 2.42 bits per heavy atom. The maximum atomic E-state index is 12.2. The van der Waals surface area contributed by atoms with Gasteiger partial charge in [-0.15, -0.1) is 0 Å². The molecular formula is C14H20N2O3. The van der Waals surface area contributed by atoms with Crippen LogP contribution >= 0.6 is 0 Å². The molecule has 1 aromatic rings. The van der Waals surface area contributed by atoms with E-state index in [1.54, 1.807) is 23.1 Å². The molecule has 2 unspecified atom stereocenters. The fourth-order valence-electron chi connectivity index (χ4n) is 2.17. The molecule has 1 heterocycles. The van der Waals surface area contributed by atoms with E-state index in [1.165, 1.54) is 0 Å². The Morgan fingerprint density at radius 1 is 1.63 bits per heavy atom. The van der Waals surface area contributed by atoms with E-state index in [9.17, 15) is 9.90 Å². The summed E-state index contributed by atoms with van der Waals surface area (Å²) in [5.41, 5.74) is 6.62. The lowest BCUT2D eigenvalue weighted by Crippen LogP contribution is -2.51. The van der Waals surface area contributed by atoms with Crippen molar-refractivity contribution in [2.45, 2.75) is 25.5 Å². The summed E-state index contributed by atoms with van der Waals surface area (Å²) >= 11 is 0. The molecule has 0 aromatic heterocycles. The van der Waals surface area contributed by atoms with E-state index in [1.807, 2.05) is 13.0 Å². The first-order valence-corrected chi connectivity index (χ1v) is 6.49. The lowest BCUT2D eigenvalue weighted by molar-refractivity contribution is -0.138. The standard InChI is InChI=1S/C14H20N2O3/c1-10(15)13-9-16(5-6-19-13)14(18)8-11-3-2-4-12(17)7-11/h2-4,7,10,13,17H,5-6,8-9,15H2,1H3. The summed E-state index contributed by atoms with van der Waals surface area (Å²) < 4.78 is 5.53. The van der Waals surface area contributed by atoms with Gasteiger partial charge in [0.15, 0.2) is 0 Å². The predicted octanol–water partition coefficient (Wildman–Crippen LogP) is 0.509. The number of benzene rings is 1. The molecule has 0 bridgehead atoms. The largest absolute Gasteiger partial charge is 0.508 e. The van der Waals surface area contributed by atoms with Crippen molar-refractivity contribution >= 4 is 5.91 Å². The molecule has 0 spiro atoms. The van der Waals surface area contributed by atoms with Gasteiger partial charge in [-0.1, -0.05) is 12.1 Å². The zero-order valence-electron chi connectivity index (χ0n) is 11.1. The van der Waals surface area contributed by atoms with Gasteiger partial charge >= 0.3 is 0 Å². The van der Waals surface area contributed by atoms with Crippen molar-refractivity contribution in [2.75, 3.05) is 19.7 Å². The molecular weight excluding hydrogens is 244 g/mol. The van der Waals surface area contributed by atoms with Gasteiger partial charge in [-0.25, -0.2) is 0 Å². The van der Waals surface area contributed by atoms with Crippen LogP contribution in [0, 0.1) is 0 Å². The number of morpholine rings is 1. The highest BCUT2D eigenvalue weighted by Crippen LogP contribution is 2.14. The summed E-state index contributed by atoms with van der Waals surface area (Å²) in [6, 6.07) is 6.69. The molecule has 5 nitrogen and oxygen atoms in total. The van der Waals surface area contributed by atoms with Crippen LogP contribution in [0.1, 0.15) is 12.5 Å². The van der Waals surface area contributed by atoms with Crippen molar-refractivity contribution in [2.24, 2.45) is 5.73 Å². The number of aromatic hydroxyl groups is 1. The lowest BCUT2D eigenvalue weighted by atomic mass is 10.1. The fraction of sp³-hybridized carbons (Fsp3) is 0.500. The van der Waals surface area contributed by atoms with Gasteiger partial charge < -0.3 is 20.5 Å². The van der Waals surface area contributed by atoms with E-state index < -0.39 is 0 Å². The van der Waals surface area contributed by atoms with E-state index in [0.717, 1.165) is 5.56 Å². The second-order valence-corrected chi connectivity index (χ2v) is 4.95. The average Bonchev–Trinajstić information content (AvgIpc) is 2.39. The number of nitrogens with zero attached hydrogens (tertiary/aromatic N) is 1. The van der Waals surface area contributed by atoms with Gasteiger partial charge in [-0.05, 0) is 24.6 Å². The van der Waals surface area contributed by atoms with Crippen molar-refractivity contribution in [3.63, 3.8) is 0 Å². The third kappa shape index (κ3) is 3.68. The van der Waals surface area contributed by atoms with Crippen LogP contribution in [0.3, 0.4) is 0 Å². The van der Waals surface area contributed by atoms with Crippen LogP contribution < -0.4 is 5.73 Å². The third-order valence-corrected chi connectivity index (χ3v) is 3.30. The number of carbonyl (C=O) groups is 1. The van der Waals surface area contributed by atoms with Crippen LogP contribution in [0.25, 0.3) is 0 Å². The number of amides is 1. The Morgan fingerprint density at radius 3 is 3.11 bits per heavy atom. The molecule has 0 saturated carbocycles. The molecule has 104 valence electrons. The molecule has 1 aliphatic rings. The fourth-order valence-corrected chi connectivity index (χ4v) is 2.17. The number of phenolic OH excluding ortho intramolecular Hbond substituents is 1. The van der Waals surface area contributed by atoms with Crippen LogP contribution in [0.5, 0.6) is 5.75 Å². The van der Waals surface area contributed by atoms with Crippen molar-refractivity contribution < 1.29 is 14.6 Å². The van der Waals surface area contributed by atoms with Crippen molar-refractivity contribution in [1.82, 2.24) is 4.90 Å². The minimum absolute atomic E-state index is 0.0413. The Hall–Kier alpha value is -1.59. The Bertz CT molecular complexity index is 448. The summed E-state index contributed by atoms with van der Waals surface area (Å²) in [6.07, 6.45) is 0.196. The first-order valence-electron chi connectivity index (χ1n) is 6.49. The molecule has 0 radical (unpaired) electrons. The van der Waals surface area contributed by atoms with Crippen LogP contribution in [0.4, 0.5) is 0 Å². The molecule has 1 amide bonds. The molecule has 2 rings (SSSR count). The van der Waals surface area contributed by atoms with Gasteiger partial charge in [0.2, 0.25) is 5.91 Å². The van der Waals surface area contributed by atoms with Crippen LogP contribution in [-0.2, 0) is 16.0 Å². The SMILES string of the molecule is CC(N)C1CN(C(=O)Cc2cccc(O)c2)CCO1. The van der Waals surface area contributed by atoms with E-state index in [-0.39, 0.29) is 23.8 Å². The quantitative estimate of drug-likeness (QED) is 0.834. The van der Waals surface area contributed by atoms with Gasteiger partial charge in [0.25, 0.3) is 0 Å². The predicted molar refractivity (Wildman–Crippen MR) is 71.8 cm³/mol. The summed E-state index contributed by atoms with van der Waals surface area (Å²) in [5, 5.41) is 9.39. The Balaban J connectivity index is 1.96. The normalized spacial score (nSPS) is 21.2. The molecule has 1 aromatic carbocycles. The highest BCUT2D eigenvalue weighted by atomic mass is 16.5. The summed E-state index contributed by atoms with van der Waals surface area (Å²) in [4.78, 5) is 14.0. The highest BCUT2D eigenvalue weighted by Gasteiger charge is 2.26.